The van der Waals surface area contributed by atoms with E-state index in [1.807, 2.05) is 6.20 Å². The first kappa shape index (κ1) is 22.7. The third kappa shape index (κ3) is 3.52. The molecule has 5 nitrogen and oxygen atoms in total. The van der Waals surface area contributed by atoms with E-state index in [-0.39, 0.29) is 18.8 Å². The van der Waals surface area contributed by atoms with E-state index < -0.39 is 0 Å². The van der Waals surface area contributed by atoms with E-state index in [1.165, 1.54) is 47.8 Å². The van der Waals surface area contributed by atoms with Gasteiger partial charge in [0.2, 0.25) is 0 Å². The van der Waals surface area contributed by atoms with Crippen molar-refractivity contribution >= 4 is 10.9 Å². The Kier molecular flexibility index (Phi) is 5.58. The Morgan fingerprint density at radius 2 is 2.00 bits per heavy atom. The number of rotatable bonds is 7. The summed E-state index contributed by atoms with van der Waals surface area (Å²) in [5.41, 5.74) is 5.50. The van der Waals surface area contributed by atoms with Crippen LogP contribution in [0.5, 0.6) is 5.75 Å². The van der Waals surface area contributed by atoms with Crippen LogP contribution in [0.1, 0.15) is 68.4 Å². The number of likely N-dealkylation sites (tertiary alicyclic amines) is 1. The zero-order valence-corrected chi connectivity index (χ0v) is 21.3. The maximum absolute atomic E-state index is 12.5. The van der Waals surface area contributed by atoms with Crippen molar-refractivity contribution in [1.29, 1.82) is 0 Å². The van der Waals surface area contributed by atoms with Gasteiger partial charge in [0.05, 0.1) is 24.6 Å². The van der Waals surface area contributed by atoms with Gasteiger partial charge in [0.25, 0.3) is 0 Å². The Balaban J connectivity index is 1.19. The minimum Gasteiger partial charge on any atom is -0.487 e. The Morgan fingerprint density at radius 1 is 1.14 bits per heavy atom. The number of H-pyrrole nitrogens is 1. The number of pyridine rings is 1. The third-order valence-electron chi connectivity index (χ3n) is 9.68. The monoisotopic (exact) mass is 488 g/mol. The molecule has 0 unspecified atom stereocenters. The number of nitrogens with one attached hydrogen (secondary N) is 1. The maximum atomic E-state index is 12.5. The molecule has 3 fully saturated rings. The van der Waals surface area contributed by atoms with Crippen LogP contribution in [0.25, 0.3) is 10.9 Å². The number of benzene rings is 1. The van der Waals surface area contributed by atoms with Gasteiger partial charge < -0.3 is 9.72 Å². The van der Waals surface area contributed by atoms with Crippen LogP contribution in [-0.2, 0) is 6.42 Å². The normalized spacial score (nSPS) is 32.1. The van der Waals surface area contributed by atoms with Crippen molar-refractivity contribution in [3.8, 4) is 5.75 Å². The van der Waals surface area contributed by atoms with Gasteiger partial charge in [-0.25, -0.2) is 0 Å². The molecule has 2 aliphatic carbocycles. The van der Waals surface area contributed by atoms with E-state index in [1.54, 1.807) is 0 Å². The summed E-state index contributed by atoms with van der Waals surface area (Å²) in [6, 6.07) is 13.7. The van der Waals surface area contributed by atoms with E-state index in [0.717, 1.165) is 49.8 Å². The van der Waals surface area contributed by atoms with Gasteiger partial charge in [0.15, 0.2) is 0 Å². The van der Waals surface area contributed by atoms with Gasteiger partial charge in [-0.15, -0.1) is 0 Å². The lowest BCUT2D eigenvalue weighted by Gasteiger charge is -2.67. The van der Waals surface area contributed by atoms with Crippen LogP contribution < -0.4 is 4.74 Å². The van der Waals surface area contributed by atoms with Crippen LogP contribution in [0.3, 0.4) is 0 Å². The topological polar surface area (TPSA) is 44.4 Å². The Labute approximate surface area is 213 Å². The summed E-state index contributed by atoms with van der Waals surface area (Å²) in [5.74, 6) is 1.69. The van der Waals surface area contributed by atoms with E-state index >= 15 is 0 Å². The first-order chi connectivity index (χ1) is 17.7. The molecule has 0 amide bonds. The van der Waals surface area contributed by atoms with E-state index in [2.05, 4.69) is 58.1 Å². The minimum atomic E-state index is -0.246. The largest absolute Gasteiger partial charge is 0.487 e. The summed E-state index contributed by atoms with van der Waals surface area (Å²) in [4.78, 5) is 14.0. The van der Waals surface area contributed by atoms with Crippen LogP contribution in [-0.4, -0.2) is 63.8 Å². The molecule has 3 atom stereocenters. The number of nitrogens with zero attached hydrogens (tertiary/aromatic N) is 3. The summed E-state index contributed by atoms with van der Waals surface area (Å²) >= 11 is 0. The van der Waals surface area contributed by atoms with Crippen molar-refractivity contribution in [1.82, 2.24) is 19.8 Å². The van der Waals surface area contributed by atoms with Gasteiger partial charge in [-0.3, -0.25) is 19.2 Å². The fourth-order valence-electron chi connectivity index (χ4n) is 7.75. The molecule has 2 aromatic heterocycles. The number of hydrogen-bond acceptors (Lipinski definition) is 4. The second-order valence-electron chi connectivity index (χ2n) is 11.6. The lowest BCUT2D eigenvalue weighted by atomic mass is 9.51. The fourth-order valence-corrected chi connectivity index (χ4v) is 7.75. The van der Waals surface area contributed by atoms with Crippen LogP contribution in [0, 0.1) is 5.92 Å². The van der Waals surface area contributed by atoms with Gasteiger partial charge >= 0.3 is 0 Å². The number of aromatic nitrogens is 2. The molecule has 4 aliphatic rings. The number of ether oxygens (including phenoxy) is 1. The molecule has 0 spiro atoms. The van der Waals surface area contributed by atoms with Crippen molar-refractivity contribution in [2.24, 2.45) is 5.92 Å². The molecule has 4 heterocycles. The summed E-state index contributed by atoms with van der Waals surface area (Å²) in [6.07, 6.45) is 10.2. The summed E-state index contributed by atoms with van der Waals surface area (Å²) in [5, 5.41) is 1.36. The average Bonchev–Trinajstić information content (AvgIpc) is 3.49. The SMILES string of the molecule is C[C@@H]1Cc2c([nH]c3ccccc23)[C@@H](c2ccc(O[C@@H]3CCN(CCCF)C3)cn2)N1C12CCC1CC2. The van der Waals surface area contributed by atoms with E-state index in [9.17, 15) is 4.39 Å². The molecule has 0 radical (unpaired) electrons. The smallest absolute Gasteiger partial charge is 0.138 e. The summed E-state index contributed by atoms with van der Waals surface area (Å²) in [6.45, 7) is 4.85. The first-order valence-electron chi connectivity index (χ1n) is 13.9. The molecule has 36 heavy (non-hydrogen) atoms. The Bertz CT molecular complexity index is 1230. The molecule has 7 rings (SSSR count). The number of hydrogen-bond donors (Lipinski definition) is 1. The van der Waals surface area contributed by atoms with Crippen molar-refractivity contribution in [3.05, 3.63) is 59.5 Å². The highest BCUT2D eigenvalue weighted by Gasteiger charge is 2.60. The number of para-hydroxylation sites is 1. The predicted molar refractivity (Wildman–Crippen MR) is 140 cm³/mol. The van der Waals surface area contributed by atoms with Gasteiger partial charge in [-0.2, -0.15) is 0 Å². The molecule has 2 saturated carbocycles. The zero-order valence-electron chi connectivity index (χ0n) is 21.3. The van der Waals surface area contributed by atoms with E-state index in [0.29, 0.717) is 18.0 Å². The second-order valence-corrected chi connectivity index (χ2v) is 11.6. The molecule has 3 aromatic rings. The van der Waals surface area contributed by atoms with Crippen LogP contribution in [0.15, 0.2) is 42.6 Å². The summed E-state index contributed by atoms with van der Waals surface area (Å²) in [7, 11) is 0. The molecular weight excluding hydrogens is 451 g/mol. The number of halogens is 1. The Morgan fingerprint density at radius 3 is 2.72 bits per heavy atom. The number of alkyl halides is 1. The number of aromatic amines is 1. The first-order valence-corrected chi connectivity index (χ1v) is 13.9. The minimum absolute atomic E-state index is 0.149. The number of fused-ring (bicyclic) bond motifs is 4. The molecule has 2 aliphatic heterocycles. The lowest BCUT2D eigenvalue weighted by Crippen LogP contribution is -2.69. The van der Waals surface area contributed by atoms with Gasteiger partial charge in [-0.1, -0.05) is 18.2 Å². The molecule has 1 N–H and O–H groups in total. The standard InChI is InChI=1S/C30H37FN4O/c1-20-17-25-24-5-2-3-6-26(24)33-28(25)29(35(20)30-12-9-21(30)10-13-30)27-8-7-22(18-32-27)36-23-11-16-34(19-23)15-4-14-31/h2-3,5-8,18,20-21,23,29,33H,4,9-17,19H2,1H3/t20-,21?,23-,29-,30?/m1/s1. The highest BCUT2D eigenvalue weighted by atomic mass is 19.1. The van der Waals surface area contributed by atoms with Crippen LogP contribution in [0.4, 0.5) is 4.39 Å². The van der Waals surface area contributed by atoms with Crippen molar-refractivity contribution in [3.63, 3.8) is 0 Å². The average molecular weight is 489 g/mol. The highest BCUT2D eigenvalue weighted by molar-refractivity contribution is 5.85. The maximum Gasteiger partial charge on any atom is 0.138 e. The third-order valence-corrected chi connectivity index (χ3v) is 9.68. The Hall–Kier alpha value is -2.44. The lowest BCUT2D eigenvalue weighted by molar-refractivity contribution is -0.153. The molecule has 1 aromatic carbocycles. The van der Waals surface area contributed by atoms with Crippen molar-refractivity contribution in [2.45, 2.75) is 75.6 Å². The predicted octanol–water partition coefficient (Wildman–Crippen LogP) is 5.65. The molecule has 6 heteroatoms. The van der Waals surface area contributed by atoms with Gasteiger partial charge in [0, 0.05) is 47.8 Å². The van der Waals surface area contributed by atoms with Gasteiger partial charge in [0.1, 0.15) is 11.9 Å². The second kappa shape index (κ2) is 8.84. The summed E-state index contributed by atoms with van der Waals surface area (Å²) < 4.78 is 18.8. The molecule has 0 bridgehead atoms. The molecule has 1 saturated heterocycles. The van der Waals surface area contributed by atoms with Crippen molar-refractivity contribution in [2.75, 3.05) is 26.3 Å². The fraction of sp³-hybridized carbons (Fsp3) is 0.567. The quantitative estimate of drug-likeness (QED) is 0.467. The van der Waals surface area contributed by atoms with E-state index in [4.69, 9.17) is 9.72 Å². The highest BCUT2D eigenvalue weighted by Crippen LogP contribution is 2.61. The van der Waals surface area contributed by atoms with Crippen LogP contribution >= 0.6 is 0 Å². The zero-order chi connectivity index (χ0) is 24.3. The van der Waals surface area contributed by atoms with Crippen LogP contribution in [0.2, 0.25) is 0 Å². The van der Waals surface area contributed by atoms with Crippen molar-refractivity contribution < 1.29 is 9.13 Å². The molecule has 190 valence electrons. The van der Waals surface area contributed by atoms with Gasteiger partial charge in [-0.05, 0) is 81.5 Å². The molecular formula is C30H37FN4O.